The molecular weight excluding hydrogens is 576 g/mol. The SMILES string of the molecule is CC(C)CNC(=O)[C@H](Cc1ccccc1)N(Cc1ccc(Cl)cc1)C(=O)COc1ccc(C(C)(C)C)cc1Br. The van der Waals surface area contributed by atoms with E-state index in [1.807, 2.05) is 74.5 Å². The molecular formula is C32H38BrClN2O3. The molecule has 1 N–H and O–H groups in total. The molecule has 3 aromatic carbocycles. The van der Waals surface area contributed by atoms with Crippen molar-refractivity contribution in [1.82, 2.24) is 10.2 Å². The first-order valence-corrected chi connectivity index (χ1v) is 14.4. The number of hydrogen-bond acceptors (Lipinski definition) is 3. The maximum Gasteiger partial charge on any atom is 0.261 e. The van der Waals surface area contributed by atoms with Gasteiger partial charge in [-0.3, -0.25) is 9.59 Å². The fourth-order valence-corrected chi connectivity index (χ4v) is 4.69. The lowest BCUT2D eigenvalue weighted by molar-refractivity contribution is -0.142. The molecule has 0 heterocycles. The van der Waals surface area contributed by atoms with Crippen molar-refractivity contribution in [2.24, 2.45) is 5.92 Å². The predicted molar refractivity (Wildman–Crippen MR) is 162 cm³/mol. The summed E-state index contributed by atoms with van der Waals surface area (Å²) in [5, 5.41) is 3.64. The lowest BCUT2D eigenvalue weighted by atomic mass is 9.87. The zero-order valence-electron chi connectivity index (χ0n) is 23.3. The number of amides is 2. The van der Waals surface area contributed by atoms with Gasteiger partial charge in [0.05, 0.1) is 4.47 Å². The molecule has 0 fully saturated rings. The van der Waals surface area contributed by atoms with Crippen molar-refractivity contribution < 1.29 is 14.3 Å². The van der Waals surface area contributed by atoms with E-state index in [0.717, 1.165) is 21.2 Å². The van der Waals surface area contributed by atoms with Crippen molar-refractivity contribution >= 4 is 39.3 Å². The molecule has 0 radical (unpaired) electrons. The van der Waals surface area contributed by atoms with Crippen LogP contribution in [-0.2, 0) is 28.0 Å². The quantitative estimate of drug-likeness (QED) is 0.249. The average Bonchev–Trinajstić information content (AvgIpc) is 2.89. The highest BCUT2D eigenvalue weighted by Gasteiger charge is 2.31. The first-order valence-electron chi connectivity index (χ1n) is 13.2. The zero-order valence-corrected chi connectivity index (χ0v) is 25.7. The van der Waals surface area contributed by atoms with E-state index in [1.54, 1.807) is 17.0 Å². The normalized spacial score (nSPS) is 12.2. The van der Waals surface area contributed by atoms with Gasteiger partial charge in [0, 0.05) is 24.5 Å². The fourth-order valence-electron chi connectivity index (χ4n) is 4.07. The second-order valence-corrected chi connectivity index (χ2v) is 12.5. The van der Waals surface area contributed by atoms with E-state index in [4.69, 9.17) is 16.3 Å². The Morgan fingerprint density at radius 1 is 0.974 bits per heavy atom. The standard InChI is InChI=1S/C32H38BrClN2O3/c1-22(2)19-35-31(38)28(17-23-9-7-6-8-10-23)36(20-24-11-14-26(34)15-12-24)30(37)21-39-29-16-13-25(18-27(29)33)32(3,4)5/h6-16,18,22,28H,17,19-21H2,1-5H3,(H,35,38)/t28-/m0/s1. The van der Waals surface area contributed by atoms with Crippen LogP contribution >= 0.6 is 27.5 Å². The average molecular weight is 614 g/mol. The van der Waals surface area contributed by atoms with Gasteiger partial charge < -0.3 is 15.0 Å². The first kappa shape index (κ1) is 30.7. The molecule has 0 spiro atoms. The van der Waals surface area contributed by atoms with Crippen molar-refractivity contribution in [2.45, 2.75) is 59.0 Å². The molecule has 0 saturated carbocycles. The molecule has 3 aromatic rings. The second-order valence-electron chi connectivity index (χ2n) is 11.2. The van der Waals surface area contributed by atoms with Crippen molar-refractivity contribution in [3.05, 3.63) is 99.0 Å². The number of nitrogens with zero attached hydrogens (tertiary/aromatic N) is 1. The summed E-state index contributed by atoms with van der Waals surface area (Å²) in [7, 11) is 0. The molecule has 0 unspecified atom stereocenters. The number of halogens is 2. The summed E-state index contributed by atoms with van der Waals surface area (Å²) < 4.78 is 6.77. The predicted octanol–water partition coefficient (Wildman–Crippen LogP) is 7.19. The van der Waals surface area contributed by atoms with Crippen LogP contribution in [0.3, 0.4) is 0 Å². The van der Waals surface area contributed by atoms with Crippen LogP contribution < -0.4 is 10.1 Å². The third-order valence-electron chi connectivity index (χ3n) is 6.37. The van der Waals surface area contributed by atoms with Gasteiger partial charge in [0.25, 0.3) is 5.91 Å². The summed E-state index contributed by atoms with van der Waals surface area (Å²) in [6.45, 7) is 11.1. The topological polar surface area (TPSA) is 58.6 Å². The van der Waals surface area contributed by atoms with Gasteiger partial charge >= 0.3 is 0 Å². The van der Waals surface area contributed by atoms with Crippen LogP contribution in [0.4, 0.5) is 0 Å². The zero-order chi connectivity index (χ0) is 28.6. The highest BCUT2D eigenvalue weighted by molar-refractivity contribution is 9.10. The summed E-state index contributed by atoms with van der Waals surface area (Å²) in [6, 6.07) is 22.2. The van der Waals surface area contributed by atoms with Crippen LogP contribution in [0.5, 0.6) is 5.75 Å². The minimum atomic E-state index is -0.718. The minimum absolute atomic E-state index is 0.0136. The Kier molecular flexibility index (Phi) is 11.0. The molecule has 0 aromatic heterocycles. The number of carbonyl (C=O) groups excluding carboxylic acids is 2. The van der Waals surface area contributed by atoms with Crippen molar-refractivity contribution in [3.8, 4) is 5.75 Å². The van der Waals surface area contributed by atoms with E-state index in [2.05, 4.69) is 42.0 Å². The van der Waals surface area contributed by atoms with Crippen LogP contribution in [-0.4, -0.2) is 35.9 Å². The Morgan fingerprint density at radius 2 is 1.64 bits per heavy atom. The first-order chi connectivity index (χ1) is 18.4. The number of carbonyl (C=O) groups is 2. The number of nitrogens with one attached hydrogen (secondary N) is 1. The Labute approximate surface area is 246 Å². The van der Waals surface area contributed by atoms with E-state index in [9.17, 15) is 9.59 Å². The molecule has 3 rings (SSSR count). The monoisotopic (exact) mass is 612 g/mol. The highest BCUT2D eigenvalue weighted by atomic mass is 79.9. The van der Waals surface area contributed by atoms with Crippen LogP contribution in [0.15, 0.2) is 77.3 Å². The molecule has 0 aliphatic rings. The van der Waals surface area contributed by atoms with E-state index < -0.39 is 6.04 Å². The maximum atomic E-state index is 13.8. The van der Waals surface area contributed by atoms with Gasteiger partial charge in [-0.1, -0.05) is 94.8 Å². The lowest BCUT2D eigenvalue weighted by Gasteiger charge is -2.32. The van der Waals surface area contributed by atoms with Gasteiger partial charge in [0.2, 0.25) is 5.91 Å². The summed E-state index contributed by atoms with van der Waals surface area (Å²) in [6.07, 6.45) is 0.383. The molecule has 1 atom stereocenters. The van der Waals surface area contributed by atoms with Gasteiger partial charge in [-0.05, 0) is 68.2 Å². The third-order valence-corrected chi connectivity index (χ3v) is 7.24. The second kappa shape index (κ2) is 14.0. The Balaban J connectivity index is 1.90. The molecule has 0 bridgehead atoms. The Morgan fingerprint density at radius 3 is 2.23 bits per heavy atom. The van der Waals surface area contributed by atoms with Crippen molar-refractivity contribution in [1.29, 1.82) is 0 Å². The van der Waals surface area contributed by atoms with Gasteiger partial charge in [-0.15, -0.1) is 0 Å². The molecule has 0 saturated heterocycles. The smallest absolute Gasteiger partial charge is 0.261 e. The van der Waals surface area contributed by atoms with Gasteiger partial charge in [0.1, 0.15) is 11.8 Å². The summed E-state index contributed by atoms with van der Waals surface area (Å²) in [5.74, 6) is 0.387. The molecule has 208 valence electrons. The summed E-state index contributed by atoms with van der Waals surface area (Å²) in [5.41, 5.74) is 2.98. The van der Waals surface area contributed by atoms with Gasteiger partial charge in [-0.25, -0.2) is 0 Å². The number of benzene rings is 3. The Bertz CT molecular complexity index is 1240. The van der Waals surface area contributed by atoms with Gasteiger partial charge in [0.15, 0.2) is 6.61 Å². The molecule has 0 aliphatic carbocycles. The van der Waals surface area contributed by atoms with E-state index in [0.29, 0.717) is 23.7 Å². The molecule has 39 heavy (non-hydrogen) atoms. The van der Waals surface area contributed by atoms with Crippen LogP contribution in [0.1, 0.15) is 51.3 Å². The minimum Gasteiger partial charge on any atom is -0.483 e. The third kappa shape index (κ3) is 9.40. The number of rotatable bonds is 11. The maximum absolute atomic E-state index is 13.8. The number of ether oxygens (including phenoxy) is 1. The summed E-state index contributed by atoms with van der Waals surface area (Å²) >= 11 is 9.70. The molecule has 0 aliphatic heterocycles. The van der Waals surface area contributed by atoms with E-state index in [-0.39, 0.29) is 36.3 Å². The van der Waals surface area contributed by atoms with Crippen LogP contribution in [0.2, 0.25) is 5.02 Å². The van der Waals surface area contributed by atoms with Crippen LogP contribution in [0, 0.1) is 5.92 Å². The number of hydrogen-bond donors (Lipinski definition) is 1. The fraction of sp³-hybridized carbons (Fsp3) is 0.375. The summed E-state index contributed by atoms with van der Waals surface area (Å²) in [4.78, 5) is 28.9. The van der Waals surface area contributed by atoms with Crippen LogP contribution in [0.25, 0.3) is 0 Å². The van der Waals surface area contributed by atoms with E-state index >= 15 is 0 Å². The highest BCUT2D eigenvalue weighted by Crippen LogP contribution is 2.31. The largest absolute Gasteiger partial charge is 0.483 e. The molecule has 5 nitrogen and oxygen atoms in total. The van der Waals surface area contributed by atoms with Crippen molar-refractivity contribution in [3.63, 3.8) is 0 Å². The molecule has 7 heteroatoms. The Hall–Kier alpha value is -2.83. The lowest BCUT2D eigenvalue weighted by Crippen LogP contribution is -2.52. The van der Waals surface area contributed by atoms with E-state index in [1.165, 1.54) is 0 Å². The molecule has 2 amide bonds. The van der Waals surface area contributed by atoms with Gasteiger partial charge in [-0.2, -0.15) is 0 Å². The van der Waals surface area contributed by atoms with Crippen molar-refractivity contribution in [2.75, 3.05) is 13.2 Å².